The van der Waals surface area contributed by atoms with Gasteiger partial charge in [0.1, 0.15) is 6.61 Å². The summed E-state index contributed by atoms with van der Waals surface area (Å²) in [5.41, 5.74) is 1.24. The van der Waals surface area contributed by atoms with E-state index >= 15 is 0 Å². The van der Waals surface area contributed by atoms with Gasteiger partial charge in [-0.05, 0) is 42.7 Å². The number of benzene rings is 1. The van der Waals surface area contributed by atoms with E-state index in [1.54, 1.807) is 0 Å². The maximum absolute atomic E-state index is 12.6. The number of anilines is 1. The Bertz CT molecular complexity index is 567. The van der Waals surface area contributed by atoms with Crippen molar-refractivity contribution in [3.63, 3.8) is 0 Å². The van der Waals surface area contributed by atoms with Crippen molar-refractivity contribution in [2.75, 3.05) is 37.7 Å². The molecule has 1 saturated heterocycles. The third-order valence-electron chi connectivity index (χ3n) is 6.14. The lowest BCUT2D eigenvalue weighted by atomic mass is 9.75. The number of rotatable bonds is 5. The number of piperazine rings is 1. The smallest absolute Gasteiger partial charge is 0.248 e. The predicted molar refractivity (Wildman–Crippen MR) is 106 cm³/mol. The van der Waals surface area contributed by atoms with Gasteiger partial charge in [-0.2, -0.15) is 0 Å². The molecule has 0 N–H and O–H groups in total. The van der Waals surface area contributed by atoms with E-state index in [2.05, 4.69) is 49.9 Å². The molecule has 144 valence electrons. The summed E-state index contributed by atoms with van der Waals surface area (Å²) >= 11 is 0. The van der Waals surface area contributed by atoms with Crippen molar-refractivity contribution in [1.29, 1.82) is 0 Å². The fraction of sp³-hybridized carbons (Fsp3) is 0.682. The van der Waals surface area contributed by atoms with E-state index in [4.69, 9.17) is 4.74 Å². The quantitative estimate of drug-likeness (QED) is 0.802. The van der Waals surface area contributed by atoms with Crippen molar-refractivity contribution >= 4 is 11.6 Å². The van der Waals surface area contributed by atoms with Gasteiger partial charge in [-0.1, -0.05) is 45.4 Å². The number of ether oxygens (including phenoxy) is 1. The van der Waals surface area contributed by atoms with Crippen LogP contribution in [0.25, 0.3) is 0 Å². The maximum atomic E-state index is 12.6. The molecule has 2 aliphatic rings. The lowest BCUT2D eigenvalue weighted by Gasteiger charge is -2.38. The summed E-state index contributed by atoms with van der Waals surface area (Å²) < 4.78 is 6.15. The van der Waals surface area contributed by atoms with Gasteiger partial charge in [0.2, 0.25) is 5.91 Å². The van der Waals surface area contributed by atoms with E-state index in [0.717, 1.165) is 32.6 Å². The molecule has 0 aromatic heterocycles. The van der Waals surface area contributed by atoms with Crippen LogP contribution in [-0.4, -0.2) is 49.7 Å². The predicted octanol–water partition coefficient (Wildman–Crippen LogP) is 3.81. The highest BCUT2D eigenvalue weighted by Crippen LogP contribution is 2.35. The Morgan fingerprint density at radius 3 is 2.46 bits per heavy atom. The van der Waals surface area contributed by atoms with Crippen LogP contribution in [0.3, 0.4) is 0 Å². The van der Waals surface area contributed by atoms with Gasteiger partial charge in [-0.25, -0.2) is 0 Å². The average molecular weight is 359 g/mol. The van der Waals surface area contributed by atoms with Gasteiger partial charge in [0, 0.05) is 31.9 Å². The van der Waals surface area contributed by atoms with Crippen molar-refractivity contribution in [1.82, 2.24) is 4.90 Å². The van der Waals surface area contributed by atoms with Crippen LogP contribution in [0.2, 0.25) is 0 Å². The van der Waals surface area contributed by atoms with E-state index in [1.165, 1.54) is 18.5 Å². The zero-order valence-electron chi connectivity index (χ0n) is 16.6. The van der Waals surface area contributed by atoms with Crippen molar-refractivity contribution in [3.05, 3.63) is 30.3 Å². The van der Waals surface area contributed by atoms with Crippen LogP contribution in [0.15, 0.2) is 30.3 Å². The lowest BCUT2D eigenvalue weighted by Crippen LogP contribution is -2.50. The molecule has 3 atom stereocenters. The second kappa shape index (κ2) is 8.90. The highest BCUT2D eigenvalue weighted by atomic mass is 16.5. The summed E-state index contributed by atoms with van der Waals surface area (Å²) in [5.74, 6) is 2.07. The molecule has 2 fully saturated rings. The molecule has 0 spiro atoms. The minimum absolute atomic E-state index is 0.151. The third-order valence-corrected chi connectivity index (χ3v) is 6.14. The highest BCUT2D eigenvalue weighted by molar-refractivity contribution is 5.77. The second-order valence-electron chi connectivity index (χ2n) is 8.38. The molecule has 0 unspecified atom stereocenters. The molecule has 4 nitrogen and oxygen atoms in total. The average Bonchev–Trinajstić information content (AvgIpc) is 2.66. The topological polar surface area (TPSA) is 32.8 Å². The lowest BCUT2D eigenvalue weighted by molar-refractivity contribution is -0.141. The summed E-state index contributed by atoms with van der Waals surface area (Å²) in [6.45, 7) is 10.5. The van der Waals surface area contributed by atoms with Crippen LogP contribution >= 0.6 is 0 Å². The zero-order chi connectivity index (χ0) is 18.5. The monoisotopic (exact) mass is 358 g/mol. The fourth-order valence-corrected chi connectivity index (χ4v) is 4.43. The SMILES string of the molecule is CC(C)[C@@H]1CC[C@@H](C)C[C@@H]1OCC(=O)N1CCN(c2ccccc2)CC1. The van der Waals surface area contributed by atoms with Gasteiger partial charge >= 0.3 is 0 Å². The van der Waals surface area contributed by atoms with Crippen molar-refractivity contribution in [2.24, 2.45) is 17.8 Å². The van der Waals surface area contributed by atoms with Crippen molar-refractivity contribution < 1.29 is 9.53 Å². The Morgan fingerprint density at radius 2 is 1.81 bits per heavy atom. The molecule has 1 heterocycles. The van der Waals surface area contributed by atoms with Crippen LogP contribution in [0.4, 0.5) is 5.69 Å². The minimum atomic E-state index is 0.151. The molecule has 1 saturated carbocycles. The molecular weight excluding hydrogens is 324 g/mol. The van der Waals surface area contributed by atoms with Gasteiger partial charge in [0.15, 0.2) is 0 Å². The number of amides is 1. The van der Waals surface area contributed by atoms with E-state index in [1.807, 2.05) is 11.0 Å². The maximum Gasteiger partial charge on any atom is 0.248 e. The Morgan fingerprint density at radius 1 is 1.12 bits per heavy atom. The first-order valence-electron chi connectivity index (χ1n) is 10.2. The number of carbonyl (C=O) groups excluding carboxylic acids is 1. The van der Waals surface area contributed by atoms with E-state index in [9.17, 15) is 4.79 Å². The fourth-order valence-electron chi connectivity index (χ4n) is 4.43. The minimum Gasteiger partial charge on any atom is -0.368 e. The van der Waals surface area contributed by atoms with E-state index in [-0.39, 0.29) is 18.6 Å². The van der Waals surface area contributed by atoms with Gasteiger partial charge in [-0.3, -0.25) is 4.79 Å². The van der Waals surface area contributed by atoms with E-state index < -0.39 is 0 Å². The molecule has 26 heavy (non-hydrogen) atoms. The van der Waals surface area contributed by atoms with Gasteiger partial charge in [0.25, 0.3) is 0 Å². The molecule has 0 bridgehead atoms. The first kappa shape index (κ1) is 19.2. The van der Waals surface area contributed by atoms with Gasteiger partial charge in [-0.15, -0.1) is 0 Å². The summed E-state index contributed by atoms with van der Waals surface area (Å²) in [6.07, 6.45) is 3.86. The van der Waals surface area contributed by atoms with E-state index in [0.29, 0.717) is 17.8 Å². The standard InChI is InChI=1S/C22H34N2O2/c1-17(2)20-10-9-18(3)15-21(20)26-16-22(25)24-13-11-23(12-14-24)19-7-5-4-6-8-19/h4-8,17-18,20-21H,9-16H2,1-3H3/t18-,20+,21+/m1/s1. The van der Waals surface area contributed by atoms with Crippen molar-refractivity contribution in [3.8, 4) is 0 Å². The summed E-state index contributed by atoms with van der Waals surface area (Å²) in [5, 5.41) is 0. The molecule has 4 heteroatoms. The number of hydrogen-bond acceptors (Lipinski definition) is 3. The van der Waals surface area contributed by atoms with Gasteiger partial charge in [0.05, 0.1) is 6.10 Å². The van der Waals surface area contributed by atoms with Crippen LogP contribution < -0.4 is 4.90 Å². The first-order chi connectivity index (χ1) is 12.5. The molecular formula is C22H34N2O2. The number of carbonyl (C=O) groups is 1. The Kier molecular flexibility index (Phi) is 6.58. The molecule has 1 aliphatic heterocycles. The summed E-state index contributed by atoms with van der Waals surface area (Å²) in [4.78, 5) is 16.9. The summed E-state index contributed by atoms with van der Waals surface area (Å²) in [7, 11) is 0. The largest absolute Gasteiger partial charge is 0.368 e. The Balaban J connectivity index is 1.47. The normalized spacial score (nSPS) is 27.0. The molecule has 0 radical (unpaired) electrons. The van der Waals surface area contributed by atoms with Crippen LogP contribution in [0.1, 0.15) is 40.0 Å². The van der Waals surface area contributed by atoms with Gasteiger partial charge < -0.3 is 14.5 Å². The van der Waals surface area contributed by atoms with Crippen LogP contribution in [-0.2, 0) is 9.53 Å². The first-order valence-corrected chi connectivity index (χ1v) is 10.2. The molecule has 1 aliphatic carbocycles. The number of nitrogens with zero attached hydrogens (tertiary/aromatic N) is 2. The Labute approximate surface area is 158 Å². The van der Waals surface area contributed by atoms with Crippen LogP contribution in [0.5, 0.6) is 0 Å². The van der Waals surface area contributed by atoms with Crippen molar-refractivity contribution in [2.45, 2.75) is 46.1 Å². The Hall–Kier alpha value is -1.55. The molecule has 1 aromatic rings. The number of hydrogen-bond donors (Lipinski definition) is 0. The molecule has 1 amide bonds. The zero-order valence-corrected chi connectivity index (χ0v) is 16.6. The highest BCUT2D eigenvalue weighted by Gasteiger charge is 2.32. The third kappa shape index (κ3) is 4.79. The number of para-hydroxylation sites is 1. The molecule has 3 rings (SSSR count). The van der Waals surface area contributed by atoms with Crippen LogP contribution in [0, 0.1) is 17.8 Å². The second-order valence-corrected chi connectivity index (χ2v) is 8.38. The molecule has 1 aromatic carbocycles. The summed E-state index contributed by atoms with van der Waals surface area (Å²) in [6, 6.07) is 10.4.